The minimum Gasteiger partial charge on any atom is -0.611 e. The Bertz CT molecular complexity index is 943. The average Bonchev–Trinajstić information content (AvgIpc) is 3.10. The Balaban J connectivity index is 1.67. The van der Waals surface area contributed by atoms with Gasteiger partial charge in [0.05, 0.1) is 12.1 Å². The van der Waals surface area contributed by atoms with Crippen LogP contribution in [-0.2, 0) is 28.9 Å². The maximum absolute atomic E-state index is 12.4. The largest absolute Gasteiger partial charge is 0.611 e. The SMILES string of the molecule is COCCc1nc2c(N)nc(C)c(C)c2n1CCCCC[S+]([O-])c1ccccc1. The Morgan fingerprint density at radius 1 is 1.10 bits per heavy atom. The summed E-state index contributed by atoms with van der Waals surface area (Å²) in [6, 6.07) is 9.68. The number of pyridine rings is 1. The van der Waals surface area contributed by atoms with Crippen molar-refractivity contribution in [2.75, 3.05) is 25.2 Å². The van der Waals surface area contributed by atoms with Crippen LogP contribution in [0.4, 0.5) is 5.82 Å². The van der Waals surface area contributed by atoms with Crippen molar-refractivity contribution < 1.29 is 9.29 Å². The van der Waals surface area contributed by atoms with Crippen molar-refractivity contribution in [1.82, 2.24) is 14.5 Å². The molecule has 0 aliphatic heterocycles. The summed E-state index contributed by atoms with van der Waals surface area (Å²) in [7, 11) is 1.70. The highest BCUT2D eigenvalue weighted by Gasteiger charge is 2.17. The Labute approximate surface area is 175 Å². The normalized spacial score (nSPS) is 12.6. The van der Waals surface area contributed by atoms with Crippen LogP contribution in [0.3, 0.4) is 0 Å². The van der Waals surface area contributed by atoms with Crippen molar-refractivity contribution in [3.8, 4) is 0 Å². The summed E-state index contributed by atoms with van der Waals surface area (Å²) in [4.78, 5) is 10.1. The molecule has 1 atom stereocenters. The van der Waals surface area contributed by atoms with Gasteiger partial charge in [0.2, 0.25) is 0 Å². The first kappa shape index (κ1) is 21.6. The smallest absolute Gasteiger partial charge is 0.152 e. The molecule has 0 spiro atoms. The van der Waals surface area contributed by atoms with E-state index in [2.05, 4.69) is 16.5 Å². The molecule has 2 N–H and O–H groups in total. The molecule has 0 radical (unpaired) electrons. The molecule has 2 aromatic heterocycles. The molecule has 0 aliphatic carbocycles. The lowest BCUT2D eigenvalue weighted by molar-refractivity contribution is 0.199. The lowest BCUT2D eigenvalue weighted by Gasteiger charge is -2.13. The number of aryl methyl sites for hydroxylation is 3. The van der Waals surface area contributed by atoms with Gasteiger partial charge in [0.25, 0.3) is 0 Å². The van der Waals surface area contributed by atoms with E-state index in [4.69, 9.17) is 15.5 Å². The fourth-order valence-electron chi connectivity index (χ4n) is 3.54. The topological polar surface area (TPSA) is 89.0 Å². The van der Waals surface area contributed by atoms with Crippen molar-refractivity contribution >= 4 is 28.0 Å². The number of benzene rings is 1. The van der Waals surface area contributed by atoms with E-state index in [1.54, 1.807) is 7.11 Å². The highest BCUT2D eigenvalue weighted by Crippen LogP contribution is 2.27. The van der Waals surface area contributed by atoms with Crippen LogP contribution in [0.15, 0.2) is 35.2 Å². The van der Waals surface area contributed by atoms with Crippen LogP contribution in [0.2, 0.25) is 0 Å². The third-order valence-corrected chi connectivity index (χ3v) is 6.68. The van der Waals surface area contributed by atoms with Crippen LogP contribution >= 0.6 is 0 Å². The van der Waals surface area contributed by atoms with E-state index in [-0.39, 0.29) is 0 Å². The Hall–Kier alpha value is -2.09. The molecule has 0 aliphatic rings. The van der Waals surface area contributed by atoms with Crippen LogP contribution in [-0.4, -0.2) is 38.6 Å². The zero-order valence-corrected chi connectivity index (χ0v) is 18.3. The van der Waals surface area contributed by atoms with E-state index in [0.29, 0.717) is 18.2 Å². The predicted molar refractivity (Wildman–Crippen MR) is 119 cm³/mol. The number of rotatable bonds is 10. The van der Waals surface area contributed by atoms with Gasteiger partial charge in [-0.2, -0.15) is 0 Å². The number of imidazole rings is 1. The summed E-state index contributed by atoms with van der Waals surface area (Å²) in [5.74, 6) is 2.16. The second kappa shape index (κ2) is 10.1. The number of unbranched alkanes of at least 4 members (excludes halogenated alkanes) is 2. The number of nitrogens with two attached hydrogens (primary N) is 1. The molecule has 7 heteroatoms. The van der Waals surface area contributed by atoms with E-state index >= 15 is 0 Å². The molecule has 0 fully saturated rings. The third kappa shape index (κ3) is 5.10. The van der Waals surface area contributed by atoms with Gasteiger partial charge in [-0.1, -0.05) is 18.2 Å². The molecule has 1 unspecified atom stereocenters. The summed E-state index contributed by atoms with van der Waals surface area (Å²) < 4.78 is 19.9. The second-order valence-electron chi connectivity index (χ2n) is 7.25. The standard InChI is InChI=1S/C22H30N4O2S/c1-16-17(2)24-22(23)20-21(16)26(19(25-20)12-14-28-3)13-8-5-9-15-29(27)18-10-6-4-7-11-18/h4,6-7,10-11H,5,8-9,12-15H2,1-3H3,(H2,23,24). The first-order valence-corrected chi connectivity index (χ1v) is 11.4. The number of methoxy groups -OCH3 is 1. The van der Waals surface area contributed by atoms with Crippen molar-refractivity contribution in [3.63, 3.8) is 0 Å². The Kier molecular flexibility index (Phi) is 7.52. The molecule has 0 amide bonds. The van der Waals surface area contributed by atoms with Gasteiger partial charge in [-0.05, 0) is 62.0 Å². The first-order chi connectivity index (χ1) is 14.0. The molecular weight excluding hydrogens is 384 g/mol. The summed E-state index contributed by atoms with van der Waals surface area (Å²) in [6.07, 6.45) is 3.68. The number of nitrogens with zero attached hydrogens (tertiary/aromatic N) is 3. The predicted octanol–water partition coefficient (Wildman–Crippen LogP) is 3.80. The minimum atomic E-state index is -0.925. The number of ether oxygens (including phenoxy) is 1. The van der Waals surface area contributed by atoms with Crippen molar-refractivity contribution in [3.05, 3.63) is 47.4 Å². The van der Waals surface area contributed by atoms with Crippen molar-refractivity contribution in [2.45, 2.75) is 51.0 Å². The van der Waals surface area contributed by atoms with Crippen molar-refractivity contribution in [2.24, 2.45) is 0 Å². The molecule has 2 heterocycles. The minimum absolute atomic E-state index is 0.485. The zero-order valence-electron chi connectivity index (χ0n) is 17.5. The van der Waals surface area contributed by atoms with Crippen LogP contribution in [0.1, 0.15) is 36.3 Å². The molecule has 29 heavy (non-hydrogen) atoms. The number of hydrogen-bond donors (Lipinski definition) is 1. The number of nitrogen functional groups attached to an aromatic ring is 1. The number of fused-ring (bicyclic) bond motifs is 1. The molecule has 0 bridgehead atoms. The Morgan fingerprint density at radius 3 is 2.59 bits per heavy atom. The third-order valence-electron chi connectivity index (χ3n) is 5.22. The lowest BCUT2D eigenvalue weighted by atomic mass is 10.2. The van der Waals surface area contributed by atoms with Gasteiger partial charge in [-0.25, -0.2) is 9.97 Å². The monoisotopic (exact) mass is 414 g/mol. The molecule has 156 valence electrons. The van der Waals surface area contributed by atoms with Gasteiger partial charge in [-0.3, -0.25) is 0 Å². The quantitative estimate of drug-likeness (QED) is 0.403. The van der Waals surface area contributed by atoms with Gasteiger partial charge in [0, 0.05) is 25.8 Å². The summed E-state index contributed by atoms with van der Waals surface area (Å²) >= 11 is -0.925. The highest BCUT2D eigenvalue weighted by molar-refractivity contribution is 7.91. The van der Waals surface area contributed by atoms with E-state index in [1.807, 2.05) is 37.3 Å². The maximum atomic E-state index is 12.4. The van der Waals surface area contributed by atoms with Gasteiger partial charge in [0.1, 0.15) is 17.1 Å². The molecular formula is C22H30N4O2S. The number of hydrogen-bond acceptors (Lipinski definition) is 5. The molecule has 1 aromatic carbocycles. The van der Waals surface area contributed by atoms with Crippen LogP contribution in [0.5, 0.6) is 0 Å². The van der Waals surface area contributed by atoms with E-state index in [1.165, 1.54) is 0 Å². The van der Waals surface area contributed by atoms with Crippen molar-refractivity contribution in [1.29, 1.82) is 0 Å². The van der Waals surface area contributed by atoms with Gasteiger partial charge in [0.15, 0.2) is 10.7 Å². The van der Waals surface area contributed by atoms with Gasteiger partial charge < -0.3 is 19.6 Å². The summed E-state index contributed by atoms with van der Waals surface area (Å²) in [5, 5.41) is 0. The molecule has 6 nitrogen and oxygen atoms in total. The zero-order chi connectivity index (χ0) is 20.8. The molecule has 3 rings (SSSR count). The molecule has 0 saturated carbocycles. The molecule has 3 aromatic rings. The lowest BCUT2D eigenvalue weighted by Crippen LogP contribution is -2.09. The fraction of sp³-hybridized carbons (Fsp3) is 0.455. The fourth-order valence-corrected chi connectivity index (χ4v) is 4.70. The summed E-state index contributed by atoms with van der Waals surface area (Å²) in [6.45, 7) is 5.53. The average molecular weight is 415 g/mol. The van der Waals surface area contributed by atoms with Crippen LogP contribution < -0.4 is 5.73 Å². The highest BCUT2D eigenvalue weighted by atomic mass is 32.2. The van der Waals surface area contributed by atoms with E-state index < -0.39 is 11.2 Å². The first-order valence-electron chi connectivity index (χ1n) is 10.1. The number of aromatic nitrogens is 3. The second-order valence-corrected chi connectivity index (χ2v) is 8.82. The van der Waals surface area contributed by atoms with E-state index in [0.717, 1.165) is 65.2 Å². The molecule has 0 saturated heterocycles. The van der Waals surface area contributed by atoms with Gasteiger partial charge >= 0.3 is 0 Å². The maximum Gasteiger partial charge on any atom is 0.152 e. The van der Waals surface area contributed by atoms with E-state index in [9.17, 15) is 4.55 Å². The Morgan fingerprint density at radius 2 is 1.86 bits per heavy atom. The van der Waals surface area contributed by atoms with Gasteiger partial charge in [-0.15, -0.1) is 0 Å². The number of anilines is 1. The van der Waals surface area contributed by atoms with Crippen LogP contribution in [0.25, 0.3) is 11.0 Å². The van der Waals surface area contributed by atoms with Crippen LogP contribution in [0, 0.1) is 13.8 Å². The summed E-state index contributed by atoms with van der Waals surface area (Å²) in [5.41, 5.74) is 10.1.